The minimum atomic E-state index is -1.51. The Morgan fingerprint density at radius 3 is 0.900 bits per heavy atom. The molecule has 0 aliphatic heterocycles. The monoisotopic (exact) mass is 360 g/mol. The van der Waals surface area contributed by atoms with E-state index in [-0.39, 0.29) is 12.4 Å². The van der Waals surface area contributed by atoms with Gasteiger partial charge in [-0.05, 0) is 0 Å². The van der Waals surface area contributed by atoms with Gasteiger partial charge in [0, 0.05) is 0 Å². The van der Waals surface area contributed by atoms with Gasteiger partial charge in [0.1, 0.15) is 0 Å². The molecule has 64 valence electrons. The normalized spacial score (nSPS) is 10.8. The fourth-order valence-electron chi connectivity index (χ4n) is 1.50. The summed E-state index contributed by atoms with van der Waals surface area (Å²) in [4.78, 5) is 0. The first-order valence-corrected chi connectivity index (χ1v) is 15.2. The molecule has 0 saturated heterocycles. The summed E-state index contributed by atoms with van der Waals surface area (Å²) < 4.78 is 6.26. The Bertz CT molecular complexity index is 52.1. The van der Waals surface area contributed by atoms with Crippen molar-refractivity contribution < 1.29 is 0 Å². The molecule has 0 aliphatic rings. The third-order valence-corrected chi connectivity index (χ3v) is 26.3. The summed E-state index contributed by atoms with van der Waals surface area (Å²) in [5.41, 5.74) is 0. The molecule has 10 heavy (non-hydrogen) atoms. The van der Waals surface area contributed by atoms with Crippen LogP contribution in [0.25, 0.3) is 0 Å². The van der Waals surface area contributed by atoms with Crippen LogP contribution < -0.4 is 0 Å². The van der Waals surface area contributed by atoms with E-state index in [4.69, 9.17) is 0 Å². The van der Waals surface area contributed by atoms with Crippen molar-refractivity contribution >= 4 is 33.6 Å². The van der Waals surface area contributed by atoms with E-state index in [9.17, 15) is 0 Å². The van der Waals surface area contributed by atoms with Gasteiger partial charge in [0.05, 0.1) is 0 Å². The number of hydrogen-bond acceptors (Lipinski definition) is 0. The van der Waals surface area contributed by atoms with Crippen molar-refractivity contribution in [3.63, 3.8) is 0 Å². The Balaban J connectivity index is 0. The van der Waals surface area contributed by atoms with Crippen molar-refractivity contribution in [2.45, 2.75) is 43.6 Å². The Morgan fingerprint density at radius 2 is 0.900 bits per heavy atom. The SMILES string of the molecule is C[CH2][Pb]([CH2]C)([CH2]C)[CH2]C.Cl. The van der Waals surface area contributed by atoms with Gasteiger partial charge >= 0.3 is 64.8 Å². The van der Waals surface area contributed by atoms with E-state index in [1.165, 1.54) is 0 Å². The molecule has 0 aromatic carbocycles. The van der Waals surface area contributed by atoms with Crippen molar-refractivity contribution in [1.29, 1.82) is 0 Å². The number of hydrogen-bond donors (Lipinski definition) is 0. The van der Waals surface area contributed by atoms with Crippen LogP contribution in [0.5, 0.6) is 0 Å². The van der Waals surface area contributed by atoms with Crippen LogP contribution in [0.4, 0.5) is 0 Å². The molecule has 2 heteroatoms. The summed E-state index contributed by atoms with van der Waals surface area (Å²) >= 11 is -1.51. The maximum Gasteiger partial charge on any atom is -0.147 e. The topological polar surface area (TPSA) is 0 Å². The van der Waals surface area contributed by atoms with E-state index in [1.54, 1.807) is 15.9 Å². The molecule has 0 atom stereocenters. The maximum absolute atomic E-state index is 2.40. The van der Waals surface area contributed by atoms with Crippen LogP contribution >= 0.6 is 12.4 Å². The fraction of sp³-hybridized carbons (Fsp3) is 1.00. The summed E-state index contributed by atoms with van der Waals surface area (Å²) in [5, 5.41) is 0. The quantitative estimate of drug-likeness (QED) is 0.667. The first-order valence-electron chi connectivity index (χ1n) is 4.24. The third-order valence-electron chi connectivity index (χ3n) is 3.00. The number of rotatable bonds is 4. The molecule has 0 aliphatic carbocycles. The molecule has 0 amide bonds. The van der Waals surface area contributed by atoms with Crippen molar-refractivity contribution in [3.8, 4) is 0 Å². The molecule has 0 radical (unpaired) electrons. The van der Waals surface area contributed by atoms with Crippen molar-refractivity contribution in [3.05, 3.63) is 0 Å². The van der Waals surface area contributed by atoms with Gasteiger partial charge in [-0.1, -0.05) is 0 Å². The van der Waals surface area contributed by atoms with Gasteiger partial charge < -0.3 is 0 Å². The molecule has 0 saturated carbocycles. The second kappa shape index (κ2) is 6.89. The van der Waals surface area contributed by atoms with Gasteiger partial charge in [-0.3, -0.25) is 0 Å². The second-order valence-corrected chi connectivity index (χ2v) is 25.6. The summed E-state index contributed by atoms with van der Waals surface area (Å²) in [5.74, 6) is 0. The minimum Gasteiger partial charge on any atom is -0.147 e. The maximum atomic E-state index is 2.40. The molecule has 0 bridgehead atoms. The molecule has 0 heterocycles. The largest absolute Gasteiger partial charge is 0.147 e. The van der Waals surface area contributed by atoms with E-state index in [1.807, 2.05) is 0 Å². The molecular formula is C8H21ClPb. The molecule has 0 spiro atoms. The standard InChI is InChI=1S/4C2H5.ClH.Pb/c4*1-2;;/h4*1H2,2H3;1H;. The minimum absolute atomic E-state index is 0. The van der Waals surface area contributed by atoms with Crippen molar-refractivity contribution in [2.24, 2.45) is 0 Å². The van der Waals surface area contributed by atoms with Gasteiger partial charge in [0.2, 0.25) is 0 Å². The molecule has 0 rings (SSSR count). The van der Waals surface area contributed by atoms with E-state index in [2.05, 4.69) is 27.7 Å². The van der Waals surface area contributed by atoms with Crippen molar-refractivity contribution in [2.75, 3.05) is 0 Å². The van der Waals surface area contributed by atoms with Gasteiger partial charge in [-0.25, -0.2) is 0 Å². The number of halogens is 1. The smallest absolute Gasteiger partial charge is 0.147 e. The van der Waals surface area contributed by atoms with Crippen LogP contribution in [-0.4, -0.2) is 21.2 Å². The summed E-state index contributed by atoms with van der Waals surface area (Å²) in [6.45, 7) is 9.60. The van der Waals surface area contributed by atoms with Crippen LogP contribution in [-0.2, 0) is 0 Å². The zero-order valence-corrected chi connectivity index (χ0v) is 12.4. The summed E-state index contributed by atoms with van der Waals surface area (Å²) in [6.07, 6.45) is 0. The van der Waals surface area contributed by atoms with E-state index >= 15 is 0 Å². The zero-order chi connectivity index (χ0) is 7.33. The van der Waals surface area contributed by atoms with Crippen LogP contribution in [0.2, 0.25) is 15.9 Å². The van der Waals surface area contributed by atoms with E-state index in [0.717, 1.165) is 0 Å². The zero-order valence-electron chi connectivity index (χ0n) is 7.74. The Hall–Kier alpha value is 1.21. The van der Waals surface area contributed by atoms with Gasteiger partial charge in [-0.2, -0.15) is 0 Å². The third kappa shape index (κ3) is 3.56. The average Bonchev–Trinajstić information content (AvgIpc) is 1.95. The van der Waals surface area contributed by atoms with Crippen LogP contribution in [0, 0.1) is 0 Å². The van der Waals surface area contributed by atoms with Crippen LogP contribution in [0.15, 0.2) is 0 Å². The molecule has 0 nitrogen and oxygen atoms in total. The van der Waals surface area contributed by atoms with Crippen molar-refractivity contribution in [1.82, 2.24) is 0 Å². The summed E-state index contributed by atoms with van der Waals surface area (Å²) in [7, 11) is 0. The molecule has 0 aromatic heterocycles. The second-order valence-electron chi connectivity index (χ2n) is 2.91. The molecule has 0 unspecified atom stereocenters. The van der Waals surface area contributed by atoms with E-state index < -0.39 is 21.2 Å². The summed E-state index contributed by atoms with van der Waals surface area (Å²) in [6, 6.07) is 0. The average molecular weight is 360 g/mol. The predicted molar refractivity (Wildman–Crippen MR) is 54.9 cm³/mol. The Kier molecular flexibility index (Phi) is 9.50. The molecule has 0 N–H and O–H groups in total. The van der Waals surface area contributed by atoms with Crippen LogP contribution in [0.3, 0.4) is 0 Å². The molecule has 0 aromatic rings. The predicted octanol–water partition coefficient (Wildman–Crippen LogP) is 3.94. The van der Waals surface area contributed by atoms with Gasteiger partial charge in [0.15, 0.2) is 0 Å². The van der Waals surface area contributed by atoms with Gasteiger partial charge in [-0.15, -0.1) is 12.4 Å². The first kappa shape index (κ1) is 13.8. The Morgan fingerprint density at radius 1 is 0.700 bits per heavy atom. The molecular weight excluding hydrogens is 339 g/mol. The Labute approximate surface area is 76.8 Å². The first-order chi connectivity index (χ1) is 4.24. The van der Waals surface area contributed by atoms with Gasteiger partial charge in [0.25, 0.3) is 0 Å². The fourth-order valence-corrected chi connectivity index (χ4v) is 13.2. The molecule has 0 fully saturated rings. The van der Waals surface area contributed by atoms with Crippen LogP contribution in [0.1, 0.15) is 27.7 Å². The van der Waals surface area contributed by atoms with E-state index in [0.29, 0.717) is 0 Å².